The Hall–Kier alpha value is -1.73. The topological polar surface area (TPSA) is 73.3 Å². The van der Waals surface area contributed by atoms with E-state index in [1.165, 1.54) is 0 Å². The van der Waals surface area contributed by atoms with Crippen molar-refractivity contribution in [2.75, 3.05) is 24.2 Å². The summed E-state index contributed by atoms with van der Waals surface area (Å²) in [6, 6.07) is 7.25. The number of nitriles is 1. The van der Waals surface area contributed by atoms with Crippen LogP contribution in [0.4, 0.5) is 11.4 Å². The number of anilines is 2. The molecule has 1 aromatic carbocycles. The monoisotopic (exact) mass is 205 g/mol. The molecule has 1 rings (SSSR count). The van der Waals surface area contributed by atoms with Gasteiger partial charge in [-0.05, 0) is 25.1 Å². The Labute approximate surface area is 89.5 Å². The summed E-state index contributed by atoms with van der Waals surface area (Å²) < 4.78 is 0. The molecule has 0 aromatic heterocycles. The number of nitrogen functional groups attached to an aromatic ring is 1. The van der Waals surface area contributed by atoms with Crippen LogP contribution in [0, 0.1) is 11.3 Å². The summed E-state index contributed by atoms with van der Waals surface area (Å²) >= 11 is 0. The van der Waals surface area contributed by atoms with Crippen LogP contribution in [-0.4, -0.2) is 24.8 Å². The van der Waals surface area contributed by atoms with Crippen LogP contribution < -0.4 is 10.6 Å². The summed E-state index contributed by atoms with van der Waals surface area (Å²) in [7, 11) is 1.83. The minimum atomic E-state index is -0.431. The van der Waals surface area contributed by atoms with Crippen molar-refractivity contribution in [3.05, 3.63) is 23.8 Å². The number of rotatable bonds is 3. The summed E-state index contributed by atoms with van der Waals surface area (Å²) in [4.78, 5) is 1.84. The molecular formula is C11H15N3O. The second-order valence-corrected chi connectivity index (χ2v) is 3.62. The molecule has 0 heterocycles. The molecule has 0 radical (unpaired) electrons. The van der Waals surface area contributed by atoms with Gasteiger partial charge < -0.3 is 15.7 Å². The van der Waals surface area contributed by atoms with Gasteiger partial charge in [-0.3, -0.25) is 0 Å². The molecule has 1 aromatic rings. The van der Waals surface area contributed by atoms with Crippen LogP contribution >= 0.6 is 0 Å². The van der Waals surface area contributed by atoms with Gasteiger partial charge in [0.2, 0.25) is 0 Å². The van der Waals surface area contributed by atoms with Gasteiger partial charge in [0.25, 0.3) is 0 Å². The first-order chi connectivity index (χ1) is 7.04. The Bertz CT molecular complexity index is 382. The molecule has 0 amide bonds. The van der Waals surface area contributed by atoms with Crippen LogP contribution in [-0.2, 0) is 0 Å². The number of hydrogen-bond donors (Lipinski definition) is 2. The third-order valence-corrected chi connectivity index (χ3v) is 2.09. The Morgan fingerprint density at radius 3 is 2.80 bits per heavy atom. The highest BCUT2D eigenvalue weighted by atomic mass is 16.3. The highest BCUT2D eigenvalue weighted by Gasteiger charge is 2.09. The molecular weight excluding hydrogens is 190 g/mol. The number of aliphatic hydroxyl groups is 1. The number of aliphatic hydroxyl groups excluding tert-OH is 1. The molecule has 1 atom stereocenters. The highest BCUT2D eigenvalue weighted by molar-refractivity contribution is 5.64. The van der Waals surface area contributed by atoms with E-state index in [-0.39, 0.29) is 0 Å². The van der Waals surface area contributed by atoms with Crippen LogP contribution in [0.5, 0.6) is 0 Å². The smallest absolute Gasteiger partial charge is 0.101 e. The molecule has 0 saturated heterocycles. The van der Waals surface area contributed by atoms with Crippen molar-refractivity contribution in [3.8, 4) is 6.07 Å². The summed E-state index contributed by atoms with van der Waals surface area (Å²) in [5.74, 6) is 0. The number of likely N-dealkylation sites (N-methyl/N-ethyl adjacent to an activating group) is 1. The fourth-order valence-electron chi connectivity index (χ4n) is 1.47. The third kappa shape index (κ3) is 2.86. The predicted octanol–water partition coefficient (Wildman–Crippen LogP) is 0.957. The first-order valence-corrected chi connectivity index (χ1v) is 4.73. The lowest BCUT2D eigenvalue weighted by Gasteiger charge is -2.22. The Morgan fingerprint density at radius 2 is 2.27 bits per heavy atom. The van der Waals surface area contributed by atoms with Gasteiger partial charge in [-0.25, -0.2) is 0 Å². The minimum Gasteiger partial charge on any atom is -0.399 e. The van der Waals surface area contributed by atoms with E-state index < -0.39 is 6.10 Å². The van der Waals surface area contributed by atoms with E-state index in [0.29, 0.717) is 17.8 Å². The third-order valence-electron chi connectivity index (χ3n) is 2.09. The maximum Gasteiger partial charge on any atom is 0.101 e. The summed E-state index contributed by atoms with van der Waals surface area (Å²) in [6.07, 6.45) is -0.431. The van der Waals surface area contributed by atoms with Crippen LogP contribution in [0.15, 0.2) is 18.2 Å². The van der Waals surface area contributed by atoms with E-state index in [9.17, 15) is 5.11 Å². The van der Waals surface area contributed by atoms with Crippen molar-refractivity contribution in [2.45, 2.75) is 13.0 Å². The van der Waals surface area contributed by atoms with Gasteiger partial charge in [0.15, 0.2) is 0 Å². The van der Waals surface area contributed by atoms with E-state index in [1.54, 1.807) is 25.1 Å². The lowest BCUT2D eigenvalue weighted by Crippen LogP contribution is -2.27. The molecule has 1 unspecified atom stereocenters. The van der Waals surface area contributed by atoms with Gasteiger partial charge in [-0.2, -0.15) is 5.26 Å². The maximum absolute atomic E-state index is 9.25. The van der Waals surface area contributed by atoms with Crippen molar-refractivity contribution < 1.29 is 5.11 Å². The van der Waals surface area contributed by atoms with Gasteiger partial charge in [-0.15, -0.1) is 0 Å². The predicted molar refractivity (Wildman–Crippen MR) is 60.5 cm³/mol. The van der Waals surface area contributed by atoms with Gasteiger partial charge in [0.05, 0.1) is 17.4 Å². The van der Waals surface area contributed by atoms with Crippen LogP contribution in [0.25, 0.3) is 0 Å². The van der Waals surface area contributed by atoms with Gasteiger partial charge in [-0.1, -0.05) is 0 Å². The number of benzene rings is 1. The van der Waals surface area contributed by atoms with E-state index in [2.05, 4.69) is 6.07 Å². The Morgan fingerprint density at radius 1 is 1.60 bits per heavy atom. The average Bonchev–Trinajstić information content (AvgIpc) is 2.16. The molecule has 0 aliphatic carbocycles. The minimum absolute atomic E-state index is 0.431. The van der Waals surface area contributed by atoms with E-state index in [1.807, 2.05) is 11.9 Å². The fourth-order valence-corrected chi connectivity index (χ4v) is 1.47. The SMILES string of the molecule is CC(O)CN(C)c1ccc(N)cc1C#N. The molecule has 4 heteroatoms. The number of nitrogens with two attached hydrogens (primary N) is 1. The average molecular weight is 205 g/mol. The zero-order valence-electron chi connectivity index (χ0n) is 8.94. The van der Waals surface area contributed by atoms with E-state index in [4.69, 9.17) is 11.0 Å². The summed E-state index contributed by atoms with van der Waals surface area (Å²) in [5.41, 5.74) is 7.47. The van der Waals surface area contributed by atoms with Crippen molar-refractivity contribution in [2.24, 2.45) is 0 Å². The van der Waals surface area contributed by atoms with Crippen LogP contribution in [0.1, 0.15) is 12.5 Å². The molecule has 0 bridgehead atoms. The van der Waals surface area contributed by atoms with Crippen molar-refractivity contribution in [1.29, 1.82) is 5.26 Å². The van der Waals surface area contributed by atoms with Crippen molar-refractivity contribution in [3.63, 3.8) is 0 Å². The largest absolute Gasteiger partial charge is 0.399 e. The molecule has 0 aliphatic rings. The number of hydrogen-bond acceptors (Lipinski definition) is 4. The molecule has 3 N–H and O–H groups in total. The first-order valence-electron chi connectivity index (χ1n) is 4.73. The van der Waals surface area contributed by atoms with Gasteiger partial charge in [0, 0.05) is 19.3 Å². The molecule has 80 valence electrons. The van der Waals surface area contributed by atoms with Crippen molar-refractivity contribution >= 4 is 11.4 Å². The molecule has 0 spiro atoms. The summed E-state index contributed by atoms with van der Waals surface area (Å²) in [6.45, 7) is 2.19. The van der Waals surface area contributed by atoms with Gasteiger partial charge >= 0.3 is 0 Å². The quantitative estimate of drug-likeness (QED) is 0.721. The second-order valence-electron chi connectivity index (χ2n) is 3.62. The lowest BCUT2D eigenvalue weighted by molar-refractivity contribution is 0.201. The van der Waals surface area contributed by atoms with Gasteiger partial charge in [0.1, 0.15) is 6.07 Å². The highest BCUT2D eigenvalue weighted by Crippen LogP contribution is 2.21. The fraction of sp³-hybridized carbons (Fsp3) is 0.364. The van der Waals surface area contributed by atoms with Crippen LogP contribution in [0.3, 0.4) is 0 Å². The normalized spacial score (nSPS) is 11.9. The van der Waals surface area contributed by atoms with E-state index >= 15 is 0 Å². The molecule has 0 saturated carbocycles. The summed E-state index contributed by atoms with van der Waals surface area (Å²) in [5, 5.41) is 18.2. The lowest BCUT2D eigenvalue weighted by atomic mass is 10.1. The maximum atomic E-state index is 9.25. The first kappa shape index (κ1) is 11.3. The molecule has 4 nitrogen and oxygen atoms in total. The zero-order valence-corrected chi connectivity index (χ0v) is 8.94. The standard InChI is InChI=1S/C11H15N3O/c1-8(15)7-14(2)11-4-3-10(13)5-9(11)6-12/h3-5,8,15H,7,13H2,1-2H3. The second kappa shape index (κ2) is 4.67. The molecule has 0 aliphatic heterocycles. The van der Waals surface area contributed by atoms with Crippen LogP contribution in [0.2, 0.25) is 0 Å². The van der Waals surface area contributed by atoms with E-state index in [0.717, 1.165) is 5.69 Å². The molecule has 0 fully saturated rings. The van der Waals surface area contributed by atoms with Crippen molar-refractivity contribution in [1.82, 2.24) is 0 Å². The zero-order chi connectivity index (χ0) is 11.4. The molecule has 15 heavy (non-hydrogen) atoms. The number of nitrogens with zero attached hydrogens (tertiary/aromatic N) is 2. The Kier molecular flexibility index (Phi) is 3.53. The Balaban J connectivity index is 2.99.